The van der Waals surface area contributed by atoms with Crippen molar-refractivity contribution in [3.63, 3.8) is 0 Å². The lowest BCUT2D eigenvalue weighted by Gasteiger charge is -2.23. The van der Waals surface area contributed by atoms with Crippen molar-refractivity contribution in [2.75, 3.05) is 5.32 Å². The highest BCUT2D eigenvalue weighted by atomic mass is 15.0. The Labute approximate surface area is 110 Å². The molecule has 3 nitrogen and oxygen atoms in total. The number of hydrogen-bond acceptors (Lipinski definition) is 3. The molecule has 1 aliphatic carbocycles. The molecule has 1 aromatic heterocycles. The van der Waals surface area contributed by atoms with Crippen molar-refractivity contribution in [1.29, 1.82) is 0 Å². The minimum atomic E-state index is 0.507. The number of anilines is 1. The Morgan fingerprint density at radius 2 is 1.94 bits per heavy atom. The molecule has 0 bridgehead atoms. The van der Waals surface area contributed by atoms with E-state index in [0.29, 0.717) is 12.0 Å². The largest absolute Gasteiger partial charge is 0.367 e. The van der Waals surface area contributed by atoms with E-state index >= 15 is 0 Å². The van der Waals surface area contributed by atoms with Gasteiger partial charge < -0.3 is 5.32 Å². The molecule has 0 saturated heterocycles. The van der Waals surface area contributed by atoms with Gasteiger partial charge in [-0.3, -0.25) is 0 Å². The topological polar surface area (TPSA) is 37.8 Å². The van der Waals surface area contributed by atoms with Crippen LogP contribution in [0.5, 0.6) is 0 Å². The maximum absolute atomic E-state index is 4.48. The highest BCUT2D eigenvalue weighted by molar-refractivity contribution is 5.47. The molecule has 0 aliphatic heterocycles. The van der Waals surface area contributed by atoms with E-state index in [1.54, 1.807) is 6.33 Å². The average molecular weight is 247 g/mol. The smallest absolute Gasteiger partial charge is 0.133 e. The summed E-state index contributed by atoms with van der Waals surface area (Å²) in [5, 5.41) is 3.63. The molecule has 0 aromatic carbocycles. The number of nitrogens with one attached hydrogen (secondary N) is 1. The van der Waals surface area contributed by atoms with Crippen LogP contribution in [-0.2, 0) is 12.8 Å². The van der Waals surface area contributed by atoms with Crippen molar-refractivity contribution in [2.45, 2.75) is 65.3 Å². The highest BCUT2D eigenvalue weighted by Gasteiger charge is 2.17. The van der Waals surface area contributed by atoms with Crippen LogP contribution < -0.4 is 5.32 Å². The lowest BCUT2D eigenvalue weighted by molar-refractivity contribution is 0.509. The van der Waals surface area contributed by atoms with Gasteiger partial charge in [0, 0.05) is 17.3 Å². The number of aromatic nitrogens is 2. The summed E-state index contributed by atoms with van der Waals surface area (Å²) in [6, 6.07) is 0.507. The van der Waals surface area contributed by atoms with Crippen molar-refractivity contribution in [1.82, 2.24) is 9.97 Å². The Bertz CT molecular complexity index is 387. The summed E-state index contributed by atoms with van der Waals surface area (Å²) in [6.45, 7) is 6.76. The number of hydrogen-bond donors (Lipinski definition) is 1. The van der Waals surface area contributed by atoms with Crippen molar-refractivity contribution >= 4 is 5.82 Å². The molecule has 1 atom stereocenters. The standard InChI is InChI=1S/C15H25N3/c1-4-13(11(2)3)18-15-12-8-6-5-7-9-14(12)16-10-17-15/h10-11,13H,4-9H2,1-3H3,(H,16,17,18). The van der Waals surface area contributed by atoms with E-state index in [0.717, 1.165) is 25.1 Å². The molecule has 2 rings (SSSR count). The Hall–Kier alpha value is -1.12. The summed E-state index contributed by atoms with van der Waals surface area (Å²) in [7, 11) is 0. The first kappa shape index (κ1) is 13.3. The molecule has 0 fully saturated rings. The van der Waals surface area contributed by atoms with E-state index in [1.807, 2.05) is 0 Å². The van der Waals surface area contributed by atoms with Crippen LogP contribution in [-0.4, -0.2) is 16.0 Å². The van der Waals surface area contributed by atoms with E-state index in [4.69, 9.17) is 0 Å². The van der Waals surface area contributed by atoms with Crippen LogP contribution in [0.3, 0.4) is 0 Å². The number of aryl methyl sites for hydroxylation is 1. The van der Waals surface area contributed by atoms with Gasteiger partial charge in [-0.15, -0.1) is 0 Å². The predicted molar refractivity (Wildman–Crippen MR) is 75.8 cm³/mol. The molecule has 1 unspecified atom stereocenters. The van der Waals surface area contributed by atoms with Gasteiger partial charge in [0.05, 0.1) is 0 Å². The van der Waals surface area contributed by atoms with Gasteiger partial charge in [0.1, 0.15) is 12.1 Å². The van der Waals surface area contributed by atoms with Crippen LogP contribution in [0.1, 0.15) is 57.7 Å². The van der Waals surface area contributed by atoms with Gasteiger partial charge in [-0.25, -0.2) is 9.97 Å². The van der Waals surface area contributed by atoms with Gasteiger partial charge in [-0.1, -0.05) is 27.2 Å². The molecular weight excluding hydrogens is 222 g/mol. The van der Waals surface area contributed by atoms with E-state index in [9.17, 15) is 0 Å². The fraction of sp³-hybridized carbons (Fsp3) is 0.733. The minimum absolute atomic E-state index is 0.507. The normalized spacial score (nSPS) is 17.1. The lowest BCUT2D eigenvalue weighted by Crippen LogP contribution is -2.26. The second-order valence-electron chi connectivity index (χ2n) is 5.61. The SMILES string of the molecule is CCC(Nc1ncnc2c1CCCCC2)C(C)C. The molecule has 100 valence electrons. The molecule has 0 amide bonds. The lowest BCUT2D eigenvalue weighted by atomic mass is 10.0. The van der Waals surface area contributed by atoms with Gasteiger partial charge >= 0.3 is 0 Å². The Morgan fingerprint density at radius 3 is 2.67 bits per heavy atom. The monoisotopic (exact) mass is 247 g/mol. The summed E-state index contributed by atoms with van der Waals surface area (Å²) in [4.78, 5) is 8.95. The third-order valence-corrected chi connectivity index (χ3v) is 3.94. The zero-order chi connectivity index (χ0) is 13.0. The fourth-order valence-corrected chi connectivity index (χ4v) is 2.74. The summed E-state index contributed by atoms with van der Waals surface area (Å²) in [5.74, 6) is 1.72. The van der Waals surface area contributed by atoms with Crippen molar-refractivity contribution in [3.05, 3.63) is 17.6 Å². The van der Waals surface area contributed by atoms with Crippen molar-refractivity contribution in [2.24, 2.45) is 5.92 Å². The van der Waals surface area contributed by atoms with Crippen LogP contribution in [0.25, 0.3) is 0 Å². The minimum Gasteiger partial charge on any atom is -0.367 e. The highest BCUT2D eigenvalue weighted by Crippen LogP contribution is 2.25. The van der Waals surface area contributed by atoms with Gasteiger partial charge in [0.15, 0.2) is 0 Å². The first-order valence-corrected chi connectivity index (χ1v) is 7.31. The second kappa shape index (κ2) is 6.17. The molecule has 3 heteroatoms. The summed E-state index contributed by atoms with van der Waals surface area (Å²) in [5.41, 5.74) is 2.64. The summed E-state index contributed by atoms with van der Waals surface area (Å²) in [6.07, 6.45) is 8.96. The molecule has 1 aliphatic rings. The maximum atomic E-state index is 4.48. The van der Waals surface area contributed by atoms with Crippen molar-refractivity contribution in [3.8, 4) is 0 Å². The number of fused-ring (bicyclic) bond motifs is 1. The van der Waals surface area contributed by atoms with E-state index in [2.05, 4.69) is 36.1 Å². The van der Waals surface area contributed by atoms with E-state index < -0.39 is 0 Å². The first-order chi connectivity index (χ1) is 8.72. The van der Waals surface area contributed by atoms with Crippen LogP contribution in [0, 0.1) is 5.92 Å². The van der Waals surface area contributed by atoms with E-state index in [-0.39, 0.29) is 0 Å². The molecular formula is C15H25N3. The molecule has 0 spiro atoms. The van der Waals surface area contributed by atoms with E-state index in [1.165, 1.54) is 30.5 Å². The second-order valence-corrected chi connectivity index (χ2v) is 5.61. The first-order valence-electron chi connectivity index (χ1n) is 7.31. The molecule has 0 saturated carbocycles. The van der Waals surface area contributed by atoms with Gasteiger partial charge in [0.2, 0.25) is 0 Å². The Balaban J connectivity index is 2.22. The molecule has 1 N–H and O–H groups in total. The third kappa shape index (κ3) is 3.01. The van der Waals surface area contributed by atoms with Gasteiger partial charge in [-0.2, -0.15) is 0 Å². The summed E-state index contributed by atoms with van der Waals surface area (Å²) >= 11 is 0. The van der Waals surface area contributed by atoms with Crippen LogP contribution in [0.15, 0.2) is 6.33 Å². The van der Waals surface area contributed by atoms with Crippen LogP contribution in [0.4, 0.5) is 5.82 Å². The third-order valence-electron chi connectivity index (χ3n) is 3.94. The fourth-order valence-electron chi connectivity index (χ4n) is 2.74. The summed E-state index contributed by atoms with van der Waals surface area (Å²) < 4.78 is 0. The van der Waals surface area contributed by atoms with Crippen molar-refractivity contribution < 1.29 is 0 Å². The average Bonchev–Trinajstić information content (AvgIpc) is 2.61. The van der Waals surface area contributed by atoms with Gasteiger partial charge in [-0.05, 0) is 38.0 Å². The zero-order valence-corrected chi connectivity index (χ0v) is 11.9. The Kier molecular flexibility index (Phi) is 4.56. The number of rotatable bonds is 4. The van der Waals surface area contributed by atoms with Crippen LogP contribution in [0.2, 0.25) is 0 Å². The zero-order valence-electron chi connectivity index (χ0n) is 11.9. The predicted octanol–water partition coefficient (Wildman–Crippen LogP) is 3.59. The molecule has 1 heterocycles. The van der Waals surface area contributed by atoms with Crippen LogP contribution >= 0.6 is 0 Å². The Morgan fingerprint density at radius 1 is 1.17 bits per heavy atom. The molecule has 18 heavy (non-hydrogen) atoms. The van der Waals surface area contributed by atoms with Gasteiger partial charge in [0.25, 0.3) is 0 Å². The number of nitrogens with zero attached hydrogens (tertiary/aromatic N) is 2. The maximum Gasteiger partial charge on any atom is 0.133 e. The molecule has 1 aromatic rings. The molecule has 0 radical (unpaired) electrons. The quantitative estimate of drug-likeness (QED) is 0.826.